The largest absolute Gasteiger partial charge is 0.444 e. The van der Waals surface area contributed by atoms with Gasteiger partial charge in [-0.25, -0.2) is 9.86 Å². The predicted molar refractivity (Wildman–Crippen MR) is 70.3 cm³/mol. The second-order valence-corrected chi connectivity index (χ2v) is 5.90. The lowest BCUT2D eigenvalue weighted by atomic mass is 10.1. The summed E-state index contributed by atoms with van der Waals surface area (Å²) in [4.78, 5) is 28.7. The Bertz CT molecular complexity index is 334. The Kier molecular flexibility index (Phi) is 5.17. The average Bonchev–Trinajstić information content (AvgIpc) is 3.07. The zero-order valence-corrected chi connectivity index (χ0v) is 12.4. The van der Waals surface area contributed by atoms with Gasteiger partial charge >= 0.3 is 6.09 Å². The van der Waals surface area contributed by atoms with E-state index in [4.69, 9.17) is 9.57 Å². The van der Waals surface area contributed by atoms with Crippen LogP contribution in [0.5, 0.6) is 0 Å². The first-order valence-corrected chi connectivity index (χ1v) is 6.54. The van der Waals surface area contributed by atoms with Crippen molar-refractivity contribution in [2.45, 2.75) is 51.7 Å². The molecule has 1 atom stereocenters. The first kappa shape index (κ1) is 15.8. The van der Waals surface area contributed by atoms with E-state index in [2.05, 4.69) is 5.32 Å². The van der Waals surface area contributed by atoms with E-state index in [0.717, 1.165) is 17.9 Å². The number of nitrogens with zero attached hydrogens (tertiary/aromatic N) is 1. The quantitative estimate of drug-likeness (QED) is 0.773. The molecule has 0 aromatic heterocycles. The Labute approximate surface area is 114 Å². The van der Waals surface area contributed by atoms with Gasteiger partial charge in [-0.3, -0.25) is 9.63 Å². The van der Waals surface area contributed by atoms with Crippen molar-refractivity contribution in [2.75, 3.05) is 14.2 Å². The highest BCUT2D eigenvalue weighted by molar-refractivity contribution is 5.84. The van der Waals surface area contributed by atoms with Crippen LogP contribution in [0, 0.1) is 5.92 Å². The Morgan fingerprint density at radius 3 is 2.37 bits per heavy atom. The van der Waals surface area contributed by atoms with Crippen molar-refractivity contribution in [1.29, 1.82) is 0 Å². The standard InChI is InChI=1S/C13H24N2O4/c1-13(2,3)19-12(17)14-10(8-9-6-7-9)11(16)15(4)18-5/h9-10H,6-8H2,1-5H3,(H,14,17)/t10-/m0/s1. The zero-order valence-electron chi connectivity index (χ0n) is 12.4. The van der Waals surface area contributed by atoms with Crippen LogP contribution in [0.3, 0.4) is 0 Å². The minimum absolute atomic E-state index is 0.264. The Balaban J connectivity index is 2.58. The highest BCUT2D eigenvalue weighted by Gasteiger charge is 2.33. The van der Waals surface area contributed by atoms with Gasteiger partial charge < -0.3 is 10.1 Å². The lowest BCUT2D eigenvalue weighted by Gasteiger charge is -2.25. The van der Waals surface area contributed by atoms with E-state index >= 15 is 0 Å². The molecule has 1 rings (SSSR count). The van der Waals surface area contributed by atoms with Crippen LogP contribution in [0.25, 0.3) is 0 Å². The van der Waals surface area contributed by atoms with E-state index in [1.54, 1.807) is 20.8 Å². The maximum Gasteiger partial charge on any atom is 0.408 e. The normalized spacial score (nSPS) is 16.7. The van der Waals surface area contributed by atoms with E-state index in [1.807, 2.05) is 0 Å². The monoisotopic (exact) mass is 272 g/mol. The second kappa shape index (κ2) is 6.23. The molecule has 6 nitrogen and oxygen atoms in total. The van der Waals surface area contributed by atoms with Crippen LogP contribution in [-0.4, -0.2) is 42.9 Å². The number of hydroxylamine groups is 2. The third-order valence-electron chi connectivity index (χ3n) is 2.84. The van der Waals surface area contributed by atoms with Crippen molar-refractivity contribution in [3.8, 4) is 0 Å². The molecule has 0 unspecified atom stereocenters. The summed E-state index contributed by atoms with van der Waals surface area (Å²) in [6.45, 7) is 5.35. The molecule has 2 amide bonds. The van der Waals surface area contributed by atoms with E-state index in [0.29, 0.717) is 12.3 Å². The summed E-state index contributed by atoms with van der Waals surface area (Å²) in [5.41, 5.74) is -0.579. The molecule has 110 valence electrons. The SMILES string of the molecule is CON(C)C(=O)[C@H](CC1CC1)NC(=O)OC(C)(C)C. The van der Waals surface area contributed by atoms with Gasteiger partial charge in [-0.15, -0.1) is 0 Å². The molecule has 0 aromatic carbocycles. The smallest absolute Gasteiger partial charge is 0.408 e. The minimum atomic E-state index is -0.590. The maximum absolute atomic E-state index is 12.1. The maximum atomic E-state index is 12.1. The summed E-state index contributed by atoms with van der Waals surface area (Å²) in [5, 5.41) is 3.76. The molecule has 0 aromatic rings. The summed E-state index contributed by atoms with van der Waals surface area (Å²) in [6, 6.07) is -0.590. The van der Waals surface area contributed by atoms with Crippen LogP contribution in [0.15, 0.2) is 0 Å². The summed E-state index contributed by atoms with van der Waals surface area (Å²) in [5.74, 6) is 0.245. The fourth-order valence-electron chi connectivity index (χ4n) is 1.67. The second-order valence-electron chi connectivity index (χ2n) is 5.90. The van der Waals surface area contributed by atoms with Crippen molar-refractivity contribution in [2.24, 2.45) is 5.92 Å². The molecular formula is C13H24N2O4. The van der Waals surface area contributed by atoms with Crippen LogP contribution in [-0.2, 0) is 14.4 Å². The fraction of sp³-hybridized carbons (Fsp3) is 0.846. The number of rotatable bonds is 5. The Morgan fingerprint density at radius 1 is 1.37 bits per heavy atom. The van der Waals surface area contributed by atoms with E-state index in [9.17, 15) is 9.59 Å². The molecule has 19 heavy (non-hydrogen) atoms. The molecule has 1 fully saturated rings. The predicted octanol–water partition coefficient (Wildman–Crippen LogP) is 1.70. The molecule has 0 saturated heterocycles. The Morgan fingerprint density at radius 2 is 1.95 bits per heavy atom. The van der Waals surface area contributed by atoms with Gasteiger partial charge in [-0.05, 0) is 33.1 Å². The average molecular weight is 272 g/mol. The third-order valence-corrected chi connectivity index (χ3v) is 2.84. The Hall–Kier alpha value is -1.30. The van der Waals surface area contributed by atoms with Crippen molar-refractivity contribution < 1.29 is 19.2 Å². The summed E-state index contributed by atoms with van der Waals surface area (Å²) >= 11 is 0. The van der Waals surface area contributed by atoms with E-state index in [1.165, 1.54) is 14.2 Å². The molecule has 0 aliphatic heterocycles. The van der Waals surface area contributed by atoms with Crippen LogP contribution in [0.4, 0.5) is 4.79 Å². The van der Waals surface area contributed by atoms with Crippen molar-refractivity contribution in [1.82, 2.24) is 10.4 Å². The van der Waals surface area contributed by atoms with Crippen LogP contribution < -0.4 is 5.32 Å². The topological polar surface area (TPSA) is 67.9 Å². The van der Waals surface area contributed by atoms with Gasteiger partial charge in [0.25, 0.3) is 5.91 Å². The van der Waals surface area contributed by atoms with Crippen molar-refractivity contribution in [3.05, 3.63) is 0 Å². The number of amides is 2. The van der Waals surface area contributed by atoms with Crippen LogP contribution in [0.2, 0.25) is 0 Å². The highest BCUT2D eigenvalue weighted by atomic mass is 16.7. The molecule has 0 heterocycles. The van der Waals surface area contributed by atoms with Gasteiger partial charge in [0.2, 0.25) is 0 Å². The van der Waals surface area contributed by atoms with Gasteiger partial charge in [0, 0.05) is 7.05 Å². The third kappa shape index (κ3) is 5.92. The lowest BCUT2D eigenvalue weighted by molar-refractivity contribution is -0.171. The first-order valence-electron chi connectivity index (χ1n) is 6.54. The van der Waals surface area contributed by atoms with Crippen molar-refractivity contribution >= 4 is 12.0 Å². The first-order chi connectivity index (χ1) is 8.73. The van der Waals surface area contributed by atoms with Gasteiger partial charge in [0.05, 0.1) is 7.11 Å². The van der Waals surface area contributed by atoms with E-state index in [-0.39, 0.29) is 5.91 Å². The molecular weight excluding hydrogens is 248 g/mol. The summed E-state index contributed by atoms with van der Waals surface area (Å²) < 4.78 is 5.17. The number of nitrogens with one attached hydrogen (secondary N) is 1. The molecule has 1 N–H and O–H groups in total. The number of alkyl carbamates (subject to hydrolysis) is 1. The molecule has 6 heteroatoms. The van der Waals surface area contributed by atoms with Crippen molar-refractivity contribution in [3.63, 3.8) is 0 Å². The van der Waals surface area contributed by atoms with Crippen LogP contribution in [0.1, 0.15) is 40.0 Å². The summed E-state index contributed by atoms with van der Waals surface area (Å²) in [6.07, 6.45) is 2.27. The zero-order chi connectivity index (χ0) is 14.6. The van der Waals surface area contributed by atoms with Gasteiger partial charge in [0.1, 0.15) is 11.6 Å². The number of likely N-dealkylation sites (N-methyl/N-ethyl adjacent to an activating group) is 1. The van der Waals surface area contributed by atoms with Gasteiger partial charge in [-0.2, -0.15) is 0 Å². The van der Waals surface area contributed by atoms with Crippen LogP contribution >= 0.6 is 0 Å². The lowest BCUT2D eigenvalue weighted by Crippen LogP contribution is -2.48. The molecule has 0 bridgehead atoms. The molecule has 1 saturated carbocycles. The molecule has 0 spiro atoms. The minimum Gasteiger partial charge on any atom is -0.444 e. The number of carbonyl (C=O) groups is 2. The van der Waals surface area contributed by atoms with Gasteiger partial charge in [-0.1, -0.05) is 12.8 Å². The number of hydrogen-bond donors (Lipinski definition) is 1. The van der Waals surface area contributed by atoms with Gasteiger partial charge in [0.15, 0.2) is 0 Å². The molecule has 0 radical (unpaired) electrons. The number of hydrogen-bond acceptors (Lipinski definition) is 4. The highest BCUT2D eigenvalue weighted by Crippen LogP contribution is 2.33. The fourth-order valence-corrected chi connectivity index (χ4v) is 1.67. The summed E-state index contributed by atoms with van der Waals surface area (Å²) in [7, 11) is 2.94. The van der Waals surface area contributed by atoms with E-state index < -0.39 is 17.7 Å². The molecule has 1 aliphatic rings. The molecule has 1 aliphatic carbocycles. The number of carbonyl (C=O) groups excluding carboxylic acids is 2. The number of ether oxygens (including phenoxy) is 1.